The summed E-state index contributed by atoms with van der Waals surface area (Å²) in [4.78, 5) is 44.1. The third-order valence-corrected chi connectivity index (χ3v) is 7.49. The van der Waals surface area contributed by atoms with Crippen molar-refractivity contribution >= 4 is 44.6 Å². The molecule has 5 rings (SSSR count). The van der Waals surface area contributed by atoms with Gasteiger partial charge in [0.2, 0.25) is 5.54 Å². The number of aromatic nitrogens is 1. The summed E-state index contributed by atoms with van der Waals surface area (Å²) >= 11 is 3.45. The lowest BCUT2D eigenvalue weighted by Gasteiger charge is -2.49. The van der Waals surface area contributed by atoms with E-state index in [1.807, 2.05) is 18.2 Å². The number of carboxylic acids is 2. The number of Topliss-reactive ketones (excluding diaryl/α,β-unsaturated/α-hetero) is 1. The number of halogens is 1. The van der Waals surface area contributed by atoms with Crippen molar-refractivity contribution in [1.82, 2.24) is 9.88 Å². The zero-order chi connectivity index (χ0) is 25.2. The number of hydrogen-bond acceptors (Lipinski definition) is 5. The van der Waals surface area contributed by atoms with Crippen molar-refractivity contribution in [2.24, 2.45) is 0 Å². The number of para-hydroxylation sites is 1. The molecule has 8 nitrogen and oxygen atoms in total. The van der Waals surface area contributed by atoms with E-state index in [9.17, 15) is 29.7 Å². The Balaban J connectivity index is 1.84. The van der Waals surface area contributed by atoms with Crippen LogP contribution in [0, 0.1) is 0 Å². The zero-order valence-corrected chi connectivity index (χ0v) is 20.4. The molecule has 0 saturated heterocycles. The van der Waals surface area contributed by atoms with Gasteiger partial charge in [-0.15, -0.1) is 0 Å². The van der Waals surface area contributed by atoms with E-state index in [0.29, 0.717) is 17.6 Å². The highest BCUT2D eigenvalue weighted by Gasteiger charge is 2.59. The minimum absolute atomic E-state index is 0.0157. The van der Waals surface area contributed by atoms with Gasteiger partial charge in [0.1, 0.15) is 5.75 Å². The normalized spacial score (nSPS) is 19.6. The van der Waals surface area contributed by atoms with Crippen LogP contribution in [0.5, 0.6) is 5.75 Å². The topological polar surface area (TPSA) is 131 Å². The number of rotatable bonds is 4. The van der Waals surface area contributed by atoms with E-state index in [1.54, 1.807) is 19.1 Å². The van der Waals surface area contributed by atoms with Gasteiger partial charge in [0.25, 0.3) is 0 Å². The van der Waals surface area contributed by atoms with Gasteiger partial charge in [0, 0.05) is 33.2 Å². The van der Waals surface area contributed by atoms with E-state index in [1.165, 1.54) is 24.0 Å². The molecule has 0 amide bonds. The number of hydrogen-bond donors (Lipinski definition) is 4. The van der Waals surface area contributed by atoms with Crippen LogP contribution in [-0.4, -0.2) is 49.5 Å². The quantitative estimate of drug-likeness (QED) is 0.364. The van der Waals surface area contributed by atoms with Gasteiger partial charge in [-0.2, -0.15) is 0 Å². The predicted molar refractivity (Wildman–Crippen MR) is 131 cm³/mol. The number of nitrogens with one attached hydrogen (secondary N) is 1. The van der Waals surface area contributed by atoms with Crippen molar-refractivity contribution in [2.75, 3.05) is 6.54 Å². The summed E-state index contributed by atoms with van der Waals surface area (Å²) in [6, 6.07) is 11.5. The number of carboxylic acid groups (broad SMARTS) is 2. The molecule has 3 aromatic rings. The Hall–Kier alpha value is -3.85. The van der Waals surface area contributed by atoms with Crippen LogP contribution >= 0.6 is 15.9 Å². The number of phenolic OH excluding ortho intramolecular Hbond substituents is 1. The Labute approximate surface area is 208 Å². The minimum Gasteiger partial charge on any atom is -0.507 e. The van der Waals surface area contributed by atoms with E-state index in [2.05, 4.69) is 20.9 Å². The lowest BCUT2D eigenvalue weighted by molar-refractivity contribution is -0.153. The lowest BCUT2D eigenvalue weighted by Crippen LogP contribution is -2.59. The van der Waals surface area contributed by atoms with Crippen LogP contribution in [0.15, 0.2) is 69.4 Å². The van der Waals surface area contributed by atoms with Crippen LogP contribution in [0.1, 0.15) is 35.5 Å². The average molecular weight is 537 g/mol. The number of H-pyrrole nitrogens is 1. The van der Waals surface area contributed by atoms with Crippen LogP contribution in [0.2, 0.25) is 0 Å². The van der Waals surface area contributed by atoms with E-state index >= 15 is 0 Å². The number of allylic oxidation sites excluding steroid dienone is 3. The largest absolute Gasteiger partial charge is 0.507 e. The number of phenols is 1. The van der Waals surface area contributed by atoms with Crippen molar-refractivity contribution in [3.8, 4) is 5.75 Å². The van der Waals surface area contributed by atoms with Crippen molar-refractivity contribution in [1.29, 1.82) is 0 Å². The smallest absolute Gasteiger partial charge is 0.340 e. The first-order valence-electron chi connectivity index (χ1n) is 10.9. The van der Waals surface area contributed by atoms with Gasteiger partial charge < -0.3 is 25.2 Å². The number of aliphatic carboxylic acids is 2. The van der Waals surface area contributed by atoms with Crippen molar-refractivity contribution < 1.29 is 29.7 Å². The first-order chi connectivity index (χ1) is 16.6. The van der Waals surface area contributed by atoms with E-state index in [0.717, 1.165) is 15.4 Å². The maximum atomic E-state index is 13.6. The fourth-order valence-electron chi connectivity index (χ4n) is 5.58. The maximum Gasteiger partial charge on any atom is 0.340 e. The van der Waals surface area contributed by atoms with Crippen LogP contribution < -0.4 is 0 Å². The van der Waals surface area contributed by atoms with E-state index < -0.39 is 28.8 Å². The van der Waals surface area contributed by atoms with Crippen LogP contribution in [-0.2, 0) is 21.5 Å². The SMILES string of the molecule is CC1=C(C(=O)O)C2(C(=O)O)c3[nH]c4ccc(Br)cc4c3CCN2C(C)=C1C(=O)c1ccccc1O. The van der Waals surface area contributed by atoms with Crippen LogP contribution in [0.4, 0.5) is 0 Å². The Morgan fingerprint density at radius 2 is 1.80 bits per heavy atom. The molecule has 1 aromatic heterocycles. The van der Waals surface area contributed by atoms with Gasteiger partial charge in [0.05, 0.1) is 16.8 Å². The molecule has 0 spiro atoms. The maximum absolute atomic E-state index is 13.6. The number of aromatic amines is 1. The fraction of sp³-hybridized carbons (Fsp3) is 0.192. The van der Waals surface area contributed by atoms with Crippen LogP contribution in [0.3, 0.4) is 0 Å². The summed E-state index contributed by atoms with van der Waals surface area (Å²) < 4.78 is 0.819. The molecule has 9 heteroatoms. The number of nitrogens with zero attached hydrogens (tertiary/aromatic N) is 1. The Morgan fingerprint density at radius 1 is 1.09 bits per heavy atom. The van der Waals surface area contributed by atoms with Crippen molar-refractivity contribution in [3.63, 3.8) is 0 Å². The van der Waals surface area contributed by atoms with Gasteiger partial charge in [-0.1, -0.05) is 28.1 Å². The molecule has 35 heavy (non-hydrogen) atoms. The summed E-state index contributed by atoms with van der Waals surface area (Å²) in [5.74, 6) is -3.59. The molecule has 0 aliphatic carbocycles. The second-order valence-electron chi connectivity index (χ2n) is 8.70. The molecule has 2 aliphatic heterocycles. The number of fused-ring (bicyclic) bond motifs is 5. The highest BCUT2D eigenvalue weighted by Crippen LogP contribution is 2.51. The Kier molecular flexibility index (Phi) is 5.14. The highest BCUT2D eigenvalue weighted by molar-refractivity contribution is 9.10. The molecule has 2 aliphatic rings. The zero-order valence-electron chi connectivity index (χ0n) is 18.8. The Bertz CT molecular complexity index is 1530. The average Bonchev–Trinajstić information content (AvgIpc) is 3.17. The standard InChI is InChI=1S/C26H21BrN2O6/c1-12-20(22(31)16-5-3-4-6-19(16)30)13(2)29-10-9-15-17-11-14(27)7-8-18(17)28-23(15)26(29,25(34)35)21(12)24(32)33/h3-8,11,28,30H,9-10H2,1-2H3,(H,32,33)(H,34,35). The molecular weight excluding hydrogens is 516 g/mol. The minimum atomic E-state index is -2.05. The molecule has 178 valence electrons. The molecule has 0 bridgehead atoms. The van der Waals surface area contributed by atoms with Gasteiger partial charge in [-0.3, -0.25) is 4.79 Å². The van der Waals surface area contributed by atoms with Gasteiger partial charge in [-0.05, 0) is 61.7 Å². The molecular formula is C26H21BrN2O6. The fourth-order valence-corrected chi connectivity index (χ4v) is 5.94. The molecule has 2 aromatic carbocycles. The monoisotopic (exact) mass is 536 g/mol. The molecule has 0 saturated carbocycles. The second kappa shape index (κ2) is 7.84. The van der Waals surface area contributed by atoms with Gasteiger partial charge in [0.15, 0.2) is 5.78 Å². The summed E-state index contributed by atoms with van der Waals surface area (Å²) in [7, 11) is 0. The molecule has 3 heterocycles. The van der Waals surface area contributed by atoms with Crippen molar-refractivity contribution in [2.45, 2.75) is 25.8 Å². The van der Waals surface area contributed by atoms with Crippen molar-refractivity contribution in [3.05, 3.63) is 86.2 Å². The number of carbonyl (C=O) groups is 3. The first kappa shape index (κ1) is 22.9. The third kappa shape index (κ3) is 3.01. The first-order valence-corrected chi connectivity index (χ1v) is 11.7. The predicted octanol–water partition coefficient (Wildman–Crippen LogP) is 4.35. The van der Waals surface area contributed by atoms with Gasteiger partial charge >= 0.3 is 11.9 Å². The van der Waals surface area contributed by atoms with E-state index in [4.69, 9.17) is 0 Å². The summed E-state index contributed by atoms with van der Waals surface area (Å²) in [6.45, 7) is 3.26. The molecule has 0 fully saturated rings. The van der Waals surface area contributed by atoms with E-state index in [-0.39, 0.29) is 34.7 Å². The summed E-state index contributed by atoms with van der Waals surface area (Å²) in [6.07, 6.45) is 0.447. The summed E-state index contributed by atoms with van der Waals surface area (Å²) in [5, 5.41) is 32.1. The second-order valence-corrected chi connectivity index (χ2v) is 9.61. The highest BCUT2D eigenvalue weighted by atomic mass is 79.9. The molecule has 1 atom stereocenters. The molecule has 0 radical (unpaired) electrons. The number of benzene rings is 2. The number of carbonyl (C=O) groups excluding carboxylic acids is 1. The molecule has 4 N–H and O–H groups in total. The third-order valence-electron chi connectivity index (χ3n) is 7.00. The molecule has 1 unspecified atom stereocenters. The van der Waals surface area contributed by atoms with Crippen LogP contribution in [0.25, 0.3) is 10.9 Å². The summed E-state index contributed by atoms with van der Waals surface area (Å²) in [5.41, 5.74) is -0.277. The van der Waals surface area contributed by atoms with Gasteiger partial charge in [-0.25, -0.2) is 9.59 Å². The number of ketones is 1. The lowest BCUT2D eigenvalue weighted by atomic mass is 9.72. The Morgan fingerprint density at radius 3 is 2.46 bits per heavy atom. The number of aromatic hydroxyl groups is 1.